The second-order valence-electron chi connectivity index (χ2n) is 3.43. The van der Waals surface area contributed by atoms with E-state index in [1.54, 1.807) is 0 Å². The van der Waals surface area contributed by atoms with Crippen LogP contribution in [-0.2, 0) is 0 Å². The van der Waals surface area contributed by atoms with Gasteiger partial charge in [-0.25, -0.2) is 0 Å². The van der Waals surface area contributed by atoms with Gasteiger partial charge in [0.1, 0.15) is 0 Å². The predicted molar refractivity (Wildman–Crippen MR) is 48.5 cm³/mol. The summed E-state index contributed by atoms with van der Waals surface area (Å²) in [5.41, 5.74) is 5.47. The van der Waals surface area contributed by atoms with Gasteiger partial charge in [-0.05, 0) is 44.7 Å². The second-order valence-corrected chi connectivity index (χ2v) is 3.43. The van der Waals surface area contributed by atoms with E-state index in [9.17, 15) is 0 Å². The smallest absolute Gasteiger partial charge is 0.00956 e. The van der Waals surface area contributed by atoms with Crippen LogP contribution >= 0.6 is 0 Å². The highest BCUT2D eigenvalue weighted by molar-refractivity contribution is 4.85. The lowest BCUT2D eigenvalue weighted by Crippen LogP contribution is -2.31. The Morgan fingerprint density at radius 3 is 2.73 bits per heavy atom. The fourth-order valence-electron chi connectivity index (χ4n) is 1.60. The zero-order chi connectivity index (χ0) is 8.10. The third-order valence-electron chi connectivity index (χ3n) is 2.38. The van der Waals surface area contributed by atoms with Crippen molar-refractivity contribution in [1.82, 2.24) is 5.32 Å². The second kappa shape index (κ2) is 4.73. The Hall–Kier alpha value is -0.0800. The molecule has 1 atom stereocenters. The van der Waals surface area contributed by atoms with Crippen molar-refractivity contribution < 1.29 is 0 Å². The lowest BCUT2D eigenvalue weighted by Gasteiger charge is -2.16. The van der Waals surface area contributed by atoms with Crippen molar-refractivity contribution >= 4 is 0 Å². The van der Waals surface area contributed by atoms with Gasteiger partial charge in [0.25, 0.3) is 0 Å². The van der Waals surface area contributed by atoms with Gasteiger partial charge in [-0.2, -0.15) is 0 Å². The first-order valence-electron chi connectivity index (χ1n) is 4.82. The minimum Gasteiger partial charge on any atom is -0.330 e. The first kappa shape index (κ1) is 9.01. The van der Waals surface area contributed by atoms with Crippen molar-refractivity contribution in [2.24, 2.45) is 11.7 Å². The number of hydrogen-bond acceptors (Lipinski definition) is 2. The number of rotatable bonds is 6. The molecule has 0 spiro atoms. The Morgan fingerprint density at radius 1 is 1.55 bits per heavy atom. The SMILES string of the molecule is CCNC(CCCN)C1CC1. The van der Waals surface area contributed by atoms with E-state index in [0.29, 0.717) is 0 Å². The topological polar surface area (TPSA) is 38.0 Å². The highest BCUT2D eigenvalue weighted by Gasteiger charge is 2.29. The minimum absolute atomic E-state index is 0.767. The van der Waals surface area contributed by atoms with E-state index in [4.69, 9.17) is 5.73 Å². The van der Waals surface area contributed by atoms with Crippen LogP contribution in [-0.4, -0.2) is 19.1 Å². The van der Waals surface area contributed by atoms with Gasteiger partial charge in [0, 0.05) is 6.04 Å². The van der Waals surface area contributed by atoms with Gasteiger partial charge in [-0.3, -0.25) is 0 Å². The predicted octanol–water partition coefficient (Wildman–Crippen LogP) is 1.11. The molecule has 0 radical (unpaired) electrons. The average Bonchev–Trinajstić information content (AvgIpc) is 2.80. The van der Waals surface area contributed by atoms with Gasteiger partial charge < -0.3 is 11.1 Å². The van der Waals surface area contributed by atoms with E-state index in [-0.39, 0.29) is 0 Å². The summed E-state index contributed by atoms with van der Waals surface area (Å²) in [5, 5.41) is 3.52. The summed E-state index contributed by atoms with van der Waals surface area (Å²) >= 11 is 0. The maximum Gasteiger partial charge on any atom is 0.00956 e. The van der Waals surface area contributed by atoms with Crippen LogP contribution in [0.3, 0.4) is 0 Å². The Bertz CT molecular complexity index is 99.7. The van der Waals surface area contributed by atoms with Crippen molar-refractivity contribution in [3.8, 4) is 0 Å². The molecule has 0 bridgehead atoms. The zero-order valence-electron chi connectivity index (χ0n) is 7.47. The lowest BCUT2D eigenvalue weighted by molar-refractivity contribution is 0.437. The third-order valence-corrected chi connectivity index (χ3v) is 2.38. The van der Waals surface area contributed by atoms with E-state index in [2.05, 4.69) is 12.2 Å². The van der Waals surface area contributed by atoms with Crippen molar-refractivity contribution in [3.05, 3.63) is 0 Å². The Balaban J connectivity index is 2.10. The molecule has 1 rings (SSSR count). The highest BCUT2D eigenvalue weighted by atomic mass is 14.9. The Kier molecular flexibility index (Phi) is 3.87. The van der Waals surface area contributed by atoms with Gasteiger partial charge in [-0.1, -0.05) is 6.92 Å². The van der Waals surface area contributed by atoms with Crippen molar-refractivity contribution in [2.45, 2.75) is 38.6 Å². The molecule has 0 amide bonds. The number of nitrogens with two attached hydrogens (primary N) is 1. The molecular formula is C9H20N2. The first-order valence-corrected chi connectivity index (χ1v) is 4.82. The van der Waals surface area contributed by atoms with E-state index < -0.39 is 0 Å². The minimum atomic E-state index is 0.767. The number of hydrogen-bond donors (Lipinski definition) is 2. The molecule has 2 nitrogen and oxygen atoms in total. The first-order chi connectivity index (χ1) is 5.38. The molecule has 11 heavy (non-hydrogen) atoms. The van der Waals surface area contributed by atoms with Crippen LogP contribution in [0.15, 0.2) is 0 Å². The highest BCUT2D eigenvalue weighted by Crippen LogP contribution is 2.34. The number of nitrogens with one attached hydrogen (secondary N) is 1. The molecule has 1 fully saturated rings. The van der Waals surface area contributed by atoms with Crippen LogP contribution < -0.4 is 11.1 Å². The summed E-state index contributed by atoms with van der Waals surface area (Å²) in [6.07, 6.45) is 5.31. The van der Waals surface area contributed by atoms with E-state index in [1.165, 1.54) is 25.7 Å². The van der Waals surface area contributed by atoms with Gasteiger partial charge in [0.05, 0.1) is 0 Å². The largest absolute Gasteiger partial charge is 0.330 e. The normalized spacial score (nSPS) is 20.2. The van der Waals surface area contributed by atoms with E-state index in [0.717, 1.165) is 25.0 Å². The Labute approximate surface area is 69.5 Å². The van der Waals surface area contributed by atoms with Crippen LogP contribution in [0.25, 0.3) is 0 Å². The molecule has 66 valence electrons. The summed E-state index contributed by atoms with van der Waals surface area (Å²) in [6.45, 7) is 4.12. The molecular weight excluding hydrogens is 136 g/mol. The van der Waals surface area contributed by atoms with E-state index >= 15 is 0 Å². The van der Waals surface area contributed by atoms with Crippen molar-refractivity contribution in [3.63, 3.8) is 0 Å². The average molecular weight is 156 g/mol. The van der Waals surface area contributed by atoms with Crippen LogP contribution in [0, 0.1) is 5.92 Å². The van der Waals surface area contributed by atoms with Crippen LogP contribution in [0.4, 0.5) is 0 Å². The monoisotopic (exact) mass is 156 g/mol. The van der Waals surface area contributed by atoms with Gasteiger partial charge in [0.2, 0.25) is 0 Å². The van der Waals surface area contributed by atoms with Gasteiger partial charge in [-0.15, -0.1) is 0 Å². The summed E-state index contributed by atoms with van der Waals surface area (Å²) in [4.78, 5) is 0. The molecule has 3 N–H and O–H groups in total. The van der Waals surface area contributed by atoms with Crippen LogP contribution in [0.2, 0.25) is 0 Å². The summed E-state index contributed by atoms with van der Waals surface area (Å²) < 4.78 is 0. The molecule has 0 aromatic heterocycles. The molecule has 0 aromatic carbocycles. The van der Waals surface area contributed by atoms with Crippen LogP contribution in [0.5, 0.6) is 0 Å². The van der Waals surface area contributed by atoms with E-state index in [1.807, 2.05) is 0 Å². The molecule has 0 aromatic rings. The quantitative estimate of drug-likeness (QED) is 0.604. The molecule has 0 aliphatic heterocycles. The zero-order valence-corrected chi connectivity index (χ0v) is 7.47. The molecule has 1 aliphatic rings. The maximum atomic E-state index is 5.47. The van der Waals surface area contributed by atoms with Crippen molar-refractivity contribution in [1.29, 1.82) is 0 Å². The Morgan fingerprint density at radius 2 is 2.27 bits per heavy atom. The van der Waals surface area contributed by atoms with Gasteiger partial charge >= 0.3 is 0 Å². The molecule has 0 heterocycles. The molecule has 1 saturated carbocycles. The molecule has 1 unspecified atom stereocenters. The molecule has 0 saturated heterocycles. The van der Waals surface area contributed by atoms with Crippen LogP contribution in [0.1, 0.15) is 32.6 Å². The van der Waals surface area contributed by atoms with Gasteiger partial charge in [0.15, 0.2) is 0 Å². The third kappa shape index (κ3) is 3.21. The summed E-state index contributed by atoms with van der Waals surface area (Å²) in [5.74, 6) is 0.974. The lowest BCUT2D eigenvalue weighted by atomic mass is 10.1. The summed E-state index contributed by atoms with van der Waals surface area (Å²) in [7, 11) is 0. The molecule has 2 heteroatoms. The fourth-order valence-corrected chi connectivity index (χ4v) is 1.60. The maximum absolute atomic E-state index is 5.47. The molecule has 1 aliphatic carbocycles. The summed E-state index contributed by atoms with van der Waals surface area (Å²) in [6, 6.07) is 0.767. The fraction of sp³-hybridized carbons (Fsp3) is 1.00. The van der Waals surface area contributed by atoms with Crippen molar-refractivity contribution in [2.75, 3.05) is 13.1 Å². The standard InChI is InChI=1S/C9H20N2/c1-2-11-9(4-3-7-10)8-5-6-8/h8-9,11H,2-7,10H2,1H3.